The Morgan fingerprint density at radius 3 is 3.19 bits per heavy atom. The van der Waals surface area contributed by atoms with Crippen molar-refractivity contribution in [2.75, 3.05) is 39.9 Å². The predicted molar refractivity (Wildman–Crippen MR) is 83.4 cm³/mol. The highest BCUT2D eigenvalue weighted by Gasteiger charge is 2.42. The monoisotopic (exact) mass is 288 g/mol. The molecule has 0 amide bonds. The van der Waals surface area contributed by atoms with Gasteiger partial charge in [0.2, 0.25) is 0 Å². The van der Waals surface area contributed by atoms with Gasteiger partial charge in [0, 0.05) is 51.1 Å². The van der Waals surface area contributed by atoms with Crippen molar-refractivity contribution in [2.45, 2.75) is 19.3 Å². The molecule has 0 saturated carbocycles. The number of hydrogen-bond donors (Lipinski definition) is 1. The Balaban J connectivity index is 1.50. The Kier molecular flexibility index (Phi) is 4.39. The number of pyridine rings is 1. The van der Waals surface area contributed by atoms with Crippen LogP contribution in [0.25, 0.3) is 0 Å². The summed E-state index contributed by atoms with van der Waals surface area (Å²) in [5.41, 5.74) is 1.63. The van der Waals surface area contributed by atoms with E-state index >= 15 is 0 Å². The van der Waals surface area contributed by atoms with E-state index in [1.807, 2.05) is 25.5 Å². The Hall–Kier alpha value is -1.62. The zero-order valence-electron chi connectivity index (χ0n) is 12.7. The van der Waals surface area contributed by atoms with E-state index in [0.29, 0.717) is 5.41 Å². The molecule has 1 spiro atoms. The lowest BCUT2D eigenvalue weighted by Crippen LogP contribution is -2.42. The molecule has 5 heteroatoms. The third-order valence-corrected chi connectivity index (χ3v) is 4.55. The average molecular weight is 288 g/mol. The number of nitrogens with zero attached hydrogens (tertiary/aromatic N) is 3. The van der Waals surface area contributed by atoms with E-state index < -0.39 is 0 Å². The SMILES string of the molecule is CN=C(NCCc1cccnc1)N1CCC2(CCOC2)C1. The highest BCUT2D eigenvalue weighted by atomic mass is 16.5. The second kappa shape index (κ2) is 6.43. The van der Waals surface area contributed by atoms with E-state index in [-0.39, 0.29) is 0 Å². The highest BCUT2D eigenvalue weighted by molar-refractivity contribution is 5.80. The molecular formula is C16H24N4O. The Bertz CT molecular complexity index is 482. The van der Waals surface area contributed by atoms with Gasteiger partial charge in [0.25, 0.3) is 0 Å². The lowest BCUT2D eigenvalue weighted by atomic mass is 9.87. The van der Waals surface area contributed by atoms with E-state index in [1.165, 1.54) is 18.4 Å². The number of rotatable bonds is 3. The molecule has 114 valence electrons. The van der Waals surface area contributed by atoms with Crippen LogP contribution in [0.15, 0.2) is 29.5 Å². The van der Waals surface area contributed by atoms with Gasteiger partial charge in [-0.25, -0.2) is 0 Å². The summed E-state index contributed by atoms with van der Waals surface area (Å²) in [5.74, 6) is 1.02. The molecule has 0 radical (unpaired) electrons. The van der Waals surface area contributed by atoms with Crippen molar-refractivity contribution >= 4 is 5.96 Å². The van der Waals surface area contributed by atoms with Gasteiger partial charge in [0.1, 0.15) is 0 Å². The van der Waals surface area contributed by atoms with Crippen LogP contribution in [0.4, 0.5) is 0 Å². The highest BCUT2D eigenvalue weighted by Crippen LogP contribution is 2.38. The van der Waals surface area contributed by atoms with Gasteiger partial charge in [-0.2, -0.15) is 0 Å². The van der Waals surface area contributed by atoms with Gasteiger partial charge in [0.05, 0.1) is 6.61 Å². The van der Waals surface area contributed by atoms with Crippen molar-refractivity contribution < 1.29 is 4.74 Å². The molecule has 1 unspecified atom stereocenters. The summed E-state index contributed by atoms with van der Waals surface area (Å²) < 4.78 is 5.59. The average Bonchev–Trinajstić information content (AvgIpc) is 3.15. The quantitative estimate of drug-likeness (QED) is 0.673. The first-order chi connectivity index (χ1) is 10.3. The molecule has 1 aromatic rings. The van der Waals surface area contributed by atoms with Gasteiger partial charge >= 0.3 is 0 Å². The molecule has 2 aliphatic rings. The van der Waals surface area contributed by atoms with Crippen LogP contribution in [0, 0.1) is 5.41 Å². The molecule has 2 saturated heterocycles. The summed E-state index contributed by atoms with van der Waals surface area (Å²) in [6, 6.07) is 4.09. The van der Waals surface area contributed by atoms with Gasteiger partial charge in [-0.3, -0.25) is 9.98 Å². The molecule has 0 aromatic carbocycles. The first-order valence-corrected chi connectivity index (χ1v) is 7.74. The lowest BCUT2D eigenvalue weighted by molar-refractivity contribution is 0.156. The van der Waals surface area contributed by atoms with Crippen LogP contribution in [0.3, 0.4) is 0 Å². The first kappa shape index (κ1) is 14.3. The van der Waals surface area contributed by atoms with Crippen molar-refractivity contribution in [2.24, 2.45) is 10.4 Å². The fourth-order valence-electron chi connectivity index (χ4n) is 3.28. The summed E-state index contributed by atoms with van der Waals surface area (Å²) in [6.45, 7) is 4.87. The van der Waals surface area contributed by atoms with Crippen LogP contribution in [-0.4, -0.2) is 55.7 Å². The molecule has 1 atom stereocenters. The van der Waals surface area contributed by atoms with Crippen molar-refractivity contribution in [3.8, 4) is 0 Å². The van der Waals surface area contributed by atoms with E-state index in [9.17, 15) is 0 Å². The standard InChI is InChI=1S/C16H24N4O/c1-17-15(19-8-4-14-3-2-7-18-11-14)20-9-5-16(12-20)6-10-21-13-16/h2-3,7,11H,4-6,8-10,12-13H2,1H3,(H,17,19). The summed E-state index contributed by atoms with van der Waals surface area (Å²) >= 11 is 0. The fourth-order valence-corrected chi connectivity index (χ4v) is 3.28. The van der Waals surface area contributed by atoms with Crippen LogP contribution < -0.4 is 5.32 Å². The topological polar surface area (TPSA) is 49.8 Å². The number of aromatic nitrogens is 1. The number of likely N-dealkylation sites (tertiary alicyclic amines) is 1. The summed E-state index contributed by atoms with van der Waals surface area (Å²) in [5, 5.41) is 3.47. The molecule has 3 heterocycles. The predicted octanol–water partition coefficient (Wildman–Crippen LogP) is 1.31. The Morgan fingerprint density at radius 1 is 1.52 bits per heavy atom. The van der Waals surface area contributed by atoms with Crippen LogP contribution >= 0.6 is 0 Å². The molecular weight excluding hydrogens is 264 g/mol. The minimum Gasteiger partial charge on any atom is -0.381 e. The van der Waals surface area contributed by atoms with E-state index in [4.69, 9.17) is 4.74 Å². The summed E-state index contributed by atoms with van der Waals surface area (Å²) in [7, 11) is 1.86. The maximum Gasteiger partial charge on any atom is 0.193 e. The van der Waals surface area contributed by atoms with Gasteiger partial charge in [-0.05, 0) is 30.9 Å². The third-order valence-electron chi connectivity index (χ3n) is 4.55. The van der Waals surface area contributed by atoms with Gasteiger partial charge in [0.15, 0.2) is 5.96 Å². The van der Waals surface area contributed by atoms with Crippen LogP contribution in [0.5, 0.6) is 0 Å². The molecule has 2 aliphatic heterocycles. The van der Waals surface area contributed by atoms with Gasteiger partial charge in [-0.1, -0.05) is 6.07 Å². The van der Waals surface area contributed by atoms with Crippen molar-refractivity contribution in [1.82, 2.24) is 15.2 Å². The van der Waals surface area contributed by atoms with E-state index in [2.05, 4.69) is 26.3 Å². The van der Waals surface area contributed by atoms with Crippen LogP contribution in [-0.2, 0) is 11.2 Å². The number of aliphatic imine (C=N–C) groups is 1. The molecule has 0 bridgehead atoms. The molecule has 5 nitrogen and oxygen atoms in total. The fraction of sp³-hybridized carbons (Fsp3) is 0.625. The van der Waals surface area contributed by atoms with Crippen molar-refractivity contribution in [3.63, 3.8) is 0 Å². The third kappa shape index (κ3) is 3.35. The minimum atomic E-state index is 0.376. The number of guanidine groups is 1. The van der Waals surface area contributed by atoms with Crippen LogP contribution in [0.2, 0.25) is 0 Å². The molecule has 21 heavy (non-hydrogen) atoms. The van der Waals surface area contributed by atoms with Gasteiger partial charge < -0.3 is 15.0 Å². The van der Waals surface area contributed by atoms with Crippen molar-refractivity contribution in [3.05, 3.63) is 30.1 Å². The van der Waals surface area contributed by atoms with E-state index in [0.717, 1.165) is 45.2 Å². The smallest absolute Gasteiger partial charge is 0.193 e. The first-order valence-electron chi connectivity index (χ1n) is 7.74. The second-order valence-corrected chi connectivity index (χ2v) is 6.06. The largest absolute Gasteiger partial charge is 0.381 e. The van der Waals surface area contributed by atoms with E-state index in [1.54, 1.807) is 0 Å². The number of hydrogen-bond acceptors (Lipinski definition) is 3. The summed E-state index contributed by atoms with van der Waals surface area (Å²) in [4.78, 5) is 10.9. The van der Waals surface area contributed by atoms with Gasteiger partial charge in [-0.15, -0.1) is 0 Å². The zero-order valence-corrected chi connectivity index (χ0v) is 12.7. The lowest BCUT2D eigenvalue weighted by Gasteiger charge is -2.24. The Labute approximate surface area is 126 Å². The normalized spacial score (nSPS) is 25.8. The molecule has 1 aromatic heterocycles. The molecule has 0 aliphatic carbocycles. The zero-order chi connectivity index (χ0) is 14.5. The number of nitrogens with one attached hydrogen (secondary N) is 1. The number of ether oxygens (including phenoxy) is 1. The second-order valence-electron chi connectivity index (χ2n) is 6.06. The summed E-state index contributed by atoms with van der Waals surface area (Å²) in [6.07, 6.45) is 7.11. The minimum absolute atomic E-state index is 0.376. The van der Waals surface area contributed by atoms with Crippen LogP contribution in [0.1, 0.15) is 18.4 Å². The Morgan fingerprint density at radius 2 is 2.48 bits per heavy atom. The molecule has 3 rings (SSSR count). The maximum atomic E-state index is 5.59. The van der Waals surface area contributed by atoms with Crippen molar-refractivity contribution in [1.29, 1.82) is 0 Å². The molecule has 1 N–H and O–H groups in total. The maximum absolute atomic E-state index is 5.59. The molecule has 2 fully saturated rings.